The van der Waals surface area contributed by atoms with E-state index in [9.17, 15) is 4.79 Å². The van der Waals surface area contributed by atoms with Crippen molar-refractivity contribution in [2.24, 2.45) is 0 Å². The third-order valence-electron chi connectivity index (χ3n) is 3.88. The van der Waals surface area contributed by atoms with Crippen LogP contribution in [-0.2, 0) is 13.0 Å². The summed E-state index contributed by atoms with van der Waals surface area (Å²) >= 11 is 1.69. The molecule has 3 rings (SSSR count). The highest BCUT2D eigenvalue weighted by atomic mass is 32.1. The van der Waals surface area contributed by atoms with Gasteiger partial charge in [-0.25, -0.2) is 4.98 Å². The van der Waals surface area contributed by atoms with Gasteiger partial charge in [-0.1, -0.05) is 6.92 Å². The lowest BCUT2D eigenvalue weighted by Gasteiger charge is -2.15. The van der Waals surface area contributed by atoms with Crippen molar-refractivity contribution >= 4 is 33.2 Å². The van der Waals surface area contributed by atoms with Crippen LogP contribution in [0.4, 0.5) is 11.6 Å². The van der Waals surface area contributed by atoms with E-state index in [1.54, 1.807) is 11.3 Å². The first kappa shape index (κ1) is 15.7. The van der Waals surface area contributed by atoms with Crippen molar-refractivity contribution in [2.75, 3.05) is 5.32 Å². The fourth-order valence-corrected chi connectivity index (χ4v) is 3.47. The zero-order chi connectivity index (χ0) is 16.6. The van der Waals surface area contributed by atoms with Gasteiger partial charge in [-0.15, -0.1) is 11.3 Å². The molecule has 23 heavy (non-hydrogen) atoms. The highest BCUT2D eigenvalue weighted by molar-refractivity contribution is 7.18. The van der Waals surface area contributed by atoms with Gasteiger partial charge in [0.05, 0.1) is 15.2 Å². The molecule has 0 aliphatic carbocycles. The first-order valence-electron chi connectivity index (χ1n) is 7.77. The molecule has 0 amide bonds. The Hall–Kier alpha value is -2.21. The molecule has 120 valence electrons. The van der Waals surface area contributed by atoms with Crippen molar-refractivity contribution in [3.8, 4) is 0 Å². The van der Waals surface area contributed by atoms with Gasteiger partial charge in [0.1, 0.15) is 0 Å². The number of benzene rings is 1. The van der Waals surface area contributed by atoms with Crippen LogP contribution in [0.3, 0.4) is 0 Å². The number of nitrogens with one attached hydrogen (secondary N) is 1. The van der Waals surface area contributed by atoms with Crippen molar-refractivity contribution in [3.63, 3.8) is 0 Å². The Morgan fingerprint density at radius 3 is 2.70 bits per heavy atom. The van der Waals surface area contributed by atoms with Gasteiger partial charge in [0, 0.05) is 24.0 Å². The lowest BCUT2D eigenvalue weighted by atomic mass is 10.2. The van der Waals surface area contributed by atoms with Gasteiger partial charge in [-0.05, 0) is 44.9 Å². The molecule has 1 N–H and O–H groups in total. The molecule has 2 aromatic heterocycles. The summed E-state index contributed by atoms with van der Waals surface area (Å²) in [5.41, 5.74) is 3.58. The first-order chi connectivity index (χ1) is 11.0. The van der Waals surface area contributed by atoms with E-state index in [2.05, 4.69) is 21.4 Å². The zero-order valence-corrected chi connectivity index (χ0v) is 14.6. The molecule has 0 bridgehead atoms. The normalized spacial score (nSPS) is 11.1. The Kier molecular flexibility index (Phi) is 4.17. The molecule has 1 aromatic carbocycles. The molecule has 0 spiro atoms. The van der Waals surface area contributed by atoms with Gasteiger partial charge >= 0.3 is 0 Å². The molecule has 3 aromatic rings. The van der Waals surface area contributed by atoms with Gasteiger partial charge in [0.15, 0.2) is 0 Å². The number of rotatable bonds is 4. The molecule has 0 radical (unpaired) electrons. The minimum atomic E-state index is -0.164. The smallest absolute Gasteiger partial charge is 0.277 e. The van der Waals surface area contributed by atoms with Crippen LogP contribution >= 0.6 is 11.3 Å². The van der Waals surface area contributed by atoms with Gasteiger partial charge < -0.3 is 9.88 Å². The van der Waals surface area contributed by atoms with Crippen LogP contribution < -0.4 is 10.9 Å². The molecule has 0 unspecified atom stereocenters. The predicted molar refractivity (Wildman–Crippen MR) is 95.9 cm³/mol. The number of hydrogen-bond acceptors (Lipinski definition) is 5. The largest absolute Gasteiger partial charge is 0.325 e. The average Bonchev–Trinajstić information content (AvgIpc) is 2.87. The van der Waals surface area contributed by atoms with Crippen LogP contribution in [0, 0.1) is 13.8 Å². The van der Waals surface area contributed by atoms with Crippen LogP contribution in [-0.4, -0.2) is 14.5 Å². The SMILES string of the molecule is CCc1cn(CC)c(Nc2cc3nc(C)sc3cc2C)nc1=O. The molecule has 5 nitrogen and oxygen atoms in total. The summed E-state index contributed by atoms with van der Waals surface area (Å²) in [6.07, 6.45) is 2.58. The maximum atomic E-state index is 12.1. The maximum Gasteiger partial charge on any atom is 0.277 e. The zero-order valence-electron chi connectivity index (χ0n) is 13.8. The number of aryl methyl sites for hydroxylation is 4. The van der Waals surface area contributed by atoms with Crippen molar-refractivity contribution < 1.29 is 0 Å². The molecule has 0 atom stereocenters. The quantitative estimate of drug-likeness (QED) is 0.791. The van der Waals surface area contributed by atoms with Crippen LogP contribution in [0.5, 0.6) is 0 Å². The van der Waals surface area contributed by atoms with E-state index in [0.717, 1.165) is 33.9 Å². The van der Waals surface area contributed by atoms with E-state index in [1.165, 1.54) is 4.70 Å². The third-order valence-corrected chi connectivity index (χ3v) is 4.81. The van der Waals surface area contributed by atoms with Crippen molar-refractivity contribution in [2.45, 2.75) is 40.7 Å². The lowest BCUT2D eigenvalue weighted by molar-refractivity contribution is 0.730. The lowest BCUT2D eigenvalue weighted by Crippen LogP contribution is -2.20. The summed E-state index contributed by atoms with van der Waals surface area (Å²) in [6, 6.07) is 4.14. The van der Waals surface area contributed by atoms with Crippen LogP contribution in [0.25, 0.3) is 10.2 Å². The van der Waals surface area contributed by atoms with E-state index in [0.29, 0.717) is 12.4 Å². The number of fused-ring (bicyclic) bond motifs is 1. The van der Waals surface area contributed by atoms with Gasteiger partial charge in [-0.2, -0.15) is 4.98 Å². The Morgan fingerprint density at radius 2 is 2.00 bits per heavy atom. The number of anilines is 2. The number of aromatic nitrogens is 3. The molecule has 0 aliphatic heterocycles. The van der Waals surface area contributed by atoms with Crippen LogP contribution in [0.15, 0.2) is 23.1 Å². The van der Waals surface area contributed by atoms with Crippen LogP contribution in [0.1, 0.15) is 30.0 Å². The van der Waals surface area contributed by atoms with Gasteiger partial charge in [0.2, 0.25) is 5.95 Å². The summed E-state index contributed by atoms with van der Waals surface area (Å²) in [4.78, 5) is 20.8. The summed E-state index contributed by atoms with van der Waals surface area (Å²) in [5.74, 6) is 0.573. The van der Waals surface area contributed by atoms with Crippen molar-refractivity contribution in [3.05, 3.63) is 44.8 Å². The summed E-state index contributed by atoms with van der Waals surface area (Å²) < 4.78 is 3.14. The standard InChI is InChI=1S/C17H20N4OS/c1-5-12-9-21(6-2)17(20-16(12)22)19-13-8-14-15(7-10(13)3)23-11(4)18-14/h7-9H,5-6H2,1-4H3,(H,19,20,22). The van der Waals surface area contributed by atoms with E-state index < -0.39 is 0 Å². The topological polar surface area (TPSA) is 59.8 Å². The highest BCUT2D eigenvalue weighted by Crippen LogP contribution is 2.29. The second kappa shape index (κ2) is 6.12. The van der Waals surface area contributed by atoms with Crippen LogP contribution in [0.2, 0.25) is 0 Å². The maximum absolute atomic E-state index is 12.1. The summed E-state index contributed by atoms with van der Waals surface area (Å²) in [6.45, 7) is 8.81. The molecule has 6 heteroatoms. The number of hydrogen-bond donors (Lipinski definition) is 1. The molecule has 0 aliphatic rings. The molecule has 0 fully saturated rings. The molecule has 0 saturated carbocycles. The number of thiazole rings is 1. The molecule has 0 saturated heterocycles. The third kappa shape index (κ3) is 2.99. The second-order valence-corrected chi connectivity index (χ2v) is 6.76. The van der Waals surface area contributed by atoms with E-state index in [4.69, 9.17) is 0 Å². The molecule has 2 heterocycles. The second-order valence-electron chi connectivity index (χ2n) is 5.53. The Bertz CT molecular complexity index is 926. The Morgan fingerprint density at radius 1 is 1.22 bits per heavy atom. The van der Waals surface area contributed by atoms with E-state index >= 15 is 0 Å². The minimum Gasteiger partial charge on any atom is -0.325 e. The molecular formula is C17H20N4OS. The Balaban J connectivity index is 2.06. The highest BCUT2D eigenvalue weighted by Gasteiger charge is 2.10. The van der Waals surface area contributed by atoms with Gasteiger partial charge in [0.25, 0.3) is 5.56 Å². The summed E-state index contributed by atoms with van der Waals surface area (Å²) in [7, 11) is 0. The predicted octanol–water partition coefficient (Wildman–Crippen LogP) is 3.80. The average molecular weight is 328 g/mol. The Labute approximate surface area is 139 Å². The van der Waals surface area contributed by atoms with E-state index in [1.807, 2.05) is 44.5 Å². The van der Waals surface area contributed by atoms with Crippen molar-refractivity contribution in [1.82, 2.24) is 14.5 Å². The van der Waals surface area contributed by atoms with Gasteiger partial charge in [-0.3, -0.25) is 4.79 Å². The minimum absolute atomic E-state index is 0.164. The molecular weight excluding hydrogens is 308 g/mol. The fraction of sp³-hybridized carbons (Fsp3) is 0.353. The van der Waals surface area contributed by atoms with E-state index in [-0.39, 0.29) is 5.56 Å². The first-order valence-corrected chi connectivity index (χ1v) is 8.58. The number of nitrogens with zero attached hydrogens (tertiary/aromatic N) is 3. The van der Waals surface area contributed by atoms with Crippen molar-refractivity contribution in [1.29, 1.82) is 0 Å². The fourth-order valence-electron chi connectivity index (χ4n) is 2.57. The summed E-state index contributed by atoms with van der Waals surface area (Å²) in [5, 5.41) is 4.35. The monoisotopic (exact) mass is 328 g/mol.